The van der Waals surface area contributed by atoms with Gasteiger partial charge in [-0.15, -0.1) is 5.10 Å². The monoisotopic (exact) mass is 293 g/mol. The van der Waals surface area contributed by atoms with E-state index in [4.69, 9.17) is 11.6 Å². The number of hydrogen-bond donors (Lipinski definition) is 0. The minimum absolute atomic E-state index is 0.166. The lowest BCUT2D eigenvalue weighted by Crippen LogP contribution is -2.18. The molecule has 5 nitrogen and oxygen atoms in total. The van der Waals surface area contributed by atoms with E-state index in [1.165, 1.54) is 0 Å². The summed E-state index contributed by atoms with van der Waals surface area (Å²) in [6.07, 6.45) is 1.59. The Balaban J connectivity index is 2.58. The molecule has 2 rings (SSSR count). The van der Waals surface area contributed by atoms with Crippen molar-refractivity contribution < 1.29 is 0 Å². The second-order valence-corrected chi connectivity index (χ2v) is 6.07. The summed E-state index contributed by atoms with van der Waals surface area (Å²) in [4.78, 5) is 13.4. The number of nitrogens with zero attached hydrogens (tertiary/aromatic N) is 5. The van der Waals surface area contributed by atoms with Crippen LogP contribution < -0.4 is 0 Å². The predicted octanol–water partition coefficient (Wildman–Crippen LogP) is 3.13. The highest BCUT2D eigenvalue weighted by Crippen LogP contribution is 2.22. The maximum absolute atomic E-state index is 6.13. The molecule has 6 heteroatoms. The first-order valence-electron chi connectivity index (χ1n) is 6.85. The van der Waals surface area contributed by atoms with Crippen LogP contribution in [0.1, 0.15) is 52.1 Å². The van der Waals surface area contributed by atoms with Crippen molar-refractivity contribution in [2.45, 2.75) is 52.9 Å². The van der Waals surface area contributed by atoms with Crippen LogP contribution in [0.2, 0.25) is 5.15 Å². The molecule has 0 spiro atoms. The third-order valence-electron chi connectivity index (χ3n) is 2.92. The van der Waals surface area contributed by atoms with Gasteiger partial charge in [0.1, 0.15) is 16.8 Å². The van der Waals surface area contributed by atoms with E-state index in [2.05, 4.69) is 40.8 Å². The van der Waals surface area contributed by atoms with Crippen LogP contribution in [0.25, 0.3) is 5.82 Å². The normalized spacial score (nSPS) is 11.9. The zero-order valence-electron chi connectivity index (χ0n) is 12.6. The van der Waals surface area contributed by atoms with Gasteiger partial charge < -0.3 is 0 Å². The van der Waals surface area contributed by atoms with Crippen molar-refractivity contribution in [3.63, 3.8) is 0 Å². The predicted molar refractivity (Wildman–Crippen MR) is 79.4 cm³/mol. The van der Waals surface area contributed by atoms with Crippen LogP contribution in [-0.2, 0) is 18.3 Å². The minimum atomic E-state index is -0.166. The second kappa shape index (κ2) is 5.48. The van der Waals surface area contributed by atoms with Gasteiger partial charge in [-0.05, 0) is 0 Å². The van der Waals surface area contributed by atoms with Crippen LogP contribution in [0.3, 0.4) is 0 Å². The van der Waals surface area contributed by atoms with E-state index in [0.29, 0.717) is 16.8 Å². The number of aryl methyl sites for hydroxylation is 2. The van der Waals surface area contributed by atoms with Crippen molar-refractivity contribution in [1.29, 1.82) is 0 Å². The Labute approximate surface area is 124 Å². The Bertz CT molecular complexity index is 613. The summed E-state index contributed by atoms with van der Waals surface area (Å²) in [5.74, 6) is 3.08. The topological polar surface area (TPSA) is 56.5 Å². The van der Waals surface area contributed by atoms with Gasteiger partial charge in [0.05, 0.1) is 0 Å². The van der Waals surface area contributed by atoms with Crippen molar-refractivity contribution in [2.75, 3.05) is 0 Å². The van der Waals surface area contributed by atoms with Gasteiger partial charge >= 0.3 is 0 Å². The van der Waals surface area contributed by atoms with Crippen LogP contribution >= 0.6 is 11.6 Å². The van der Waals surface area contributed by atoms with Gasteiger partial charge in [0.2, 0.25) is 0 Å². The molecule has 0 amide bonds. The molecule has 0 saturated heterocycles. The van der Waals surface area contributed by atoms with Crippen molar-refractivity contribution in [3.8, 4) is 5.82 Å². The standard InChI is InChI=1S/C14H20ClN5/c1-6-10-17-11(7-2)20(19-10)12-8-9(15)16-13(18-12)14(3,4)5/h8H,6-7H2,1-5H3. The van der Waals surface area contributed by atoms with Crippen LogP contribution in [-0.4, -0.2) is 24.7 Å². The third-order valence-corrected chi connectivity index (χ3v) is 3.11. The SMILES string of the molecule is CCc1nc(CC)n(-c2cc(Cl)nc(C(C)(C)C)n2)n1. The number of aromatic nitrogens is 5. The Morgan fingerprint density at radius 1 is 1.10 bits per heavy atom. The van der Waals surface area contributed by atoms with Gasteiger partial charge in [-0.25, -0.2) is 15.0 Å². The molecule has 2 aromatic rings. The maximum atomic E-state index is 6.13. The Hall–Kier alpha value is -1.49. The quantitative estimate of drug-likeness (QED) is 0.816. The van der Waals surface area contributed by atoms with Gasteiger partial charge in [-0.3, -0.25) is 0 Å². The Morgan fingerprint density at radius 3 is 2.35 bits per heavy atom. The smallest absolute Gasteiger partial charge is 0.160 e. The average molecular weight is 294 g/mol. The van der Waals surface area contributed by atoms with E-state index in [1.54, 1.807) is 10.7 Å². The van der Waals surface area contributed by atoms with Crippen LogP contribution in [0.4, 0.5) is 0 Å². The van der Waals surface area contributed by atoms with E-state index in [9.17, 15) is 0 Å². The largest absolute Gasteiger partial charge is 0.220 e. The number of rotatable bonds is 3. The molecule has 108 valence electrons. The Morgan fingerprint density at radius 2 is 1.80 bits per heavy atom. The van der Waals surface area contributed by atoms with Crippen molar-refractivity contribution in [1.82, 2.24) is 24.7 Å². The van der Waals surface area contributed by atoms with Crippen molar-refractivity contribution in [2.24, 2.45) is 0 Å². The van der Waals surface area contributed by atoms with E-state index in [-0.39, 0.29) is 5.41 Å². The molecule has 0 saturated carbocycles. The van der Waals surface area contributed by atoms with Crippen molar-refractivity contribution in [3.05, 3.63) is 28.7 Å². The molecule has 20 heavy (non-hydrogen) atoms. The Kier molecular flexibility index (Phi) is 4.09. The van der Waals surface area contributed by atoms with Crippen LogP contribution in [0.15, 0.2) is 6.07 Å². The first-order chi connectivity index (χ1) is 9.35. The molecular formula is C14H20ClN5. The fourth-order valence-corrected chi connectivity index (χ4v) is 1.98. The van der Waals surface area contributed by atoms with Crippen LogP contribution in [0.5, 0.6) is 0 Å². The molecule has 0 aliphatic heterocycles. The molecule has 0 aromatic carbocycles. The van der Waals surface area contributed by atoms with Crippen LogP contribution in [0, 0.1) is 0 Å². The minimum Gasteiger partial charge on any atom is -0.220 e. The first-order valence-corrected chi connectivity index (χ1v) is 7.23. The van der Waals surface area contributed by atoms with Gasteiger partial charge in [0.25, 0.3) is 0 Å². The summed E-state index contributed by atoms with van der Waals surface area (Å²) >= 11 is 6.13. The highest BCUT2D eigenvalue weighted by Gasteiger charge is 2.20. The molecule has 0 N–H and O–H groups in total. The van der Waals surface area contributed by atoms with E-state index >= 15 is 0 Å². The highest BCUT2D eigenvalue weighted by atomic mass is 35.5. The summed E-state index contributed by atoms with van der Waals surface area (Å²) in [5.41, 5.74) is -0.166. The second-order valence-electron chi connectivity index (χ2n) is 5.69. The molecule has 2 heterocycles. The van der Waals surface area contributed by atoms with Gasteiger partial charge in [0, 0.05) is 24.3 Å². The first kappa shape index (κ1) is 14.9. The lowest BCUT2D eigenvalue weighted by molar-refractivity contribution is 0.541. The van der Waals surface area contributed by atoms with Crippen molar-refractivity contribution >= 4 is 11.6 Å². The fourth-order valence-electron chi connectivity index (χ4n) is 1.80. The number of hydrogen-bond acceptors (Lipinski definition) is 4. The summed E-state index contributed by atoms with van der Waals surface area (Å²) in [6, 6.07) is 1.73. The molecule has 0 bridgehead atoms. The molecule has 0 unspecified atom stereocenters. The van der Waals surface area contributed by atoms with Gasteiger partial charge in [-0.2, -0.15) is 4.68 Å². The zero-order chi connectivity index (χ0) is 14.9. The molecule has 0 radical (unpaired) electrons. The summed E-state index contributed by atoms with van der Waals surface area (Å²) in [5, 5.41) is 4.92. The maximum Gasteiger partial charge on any atom is 0.160 e. The molecule has 0 fully saturated rings. The lowest BCUT2D eigenvalue weighted by atomic mass is 9.96. The third kappa shape index (κ3) is 2.98. The molecular weight excluding hydrogens is 274 g/mol. The summed E-state index contributed by atoms with van der Waals surface area (Å²) in [7, 11) is 0. The highest BCUT2D eigenvalue weighted by molar-refractivity contribution is 6.29. The molecule has 0 atom stereocenters. The van der Waals surface area contributed by atoms with Gasteiger partial charge in [0.15, 0.2) is 11.6 Å². The molecule has 0 aliphatic carbocycles. The fraction of sp³-hybridized carbons (Fsp3) is 0.571. The zero-order valence-corrected chi connectivity index (χ0v) is 13.4. The average Bonchev–Trinajstić information content (AvgIpc) is 2.80. The summed E-state index contributed by atoms with van der Waals surface area (Å²) < 4.78 is 1.77. The molecule has 2 aromatic heterocycles. The number of halogens is 1. The van der Waals surface area contributed by atoms with E-state index in [1.807, 2.05) is 13.8 Å². The van der Waals surface area contributed by atoms with E-state index < -0.39 is 0 Å². The van der Waals surface area contributed by atoms with Gasteiger partial charge in [-0.1, -0.05) is 46.2 Å². The van der Waals surface area contributed by atoms with E-state index in [0.717, 1.165) is 24.5 Å². The lowest BCUT2D eigenvalue weighted by Gasteiger charge is -2.17. The molecule has 0 aliphatic rings. The summed E-state index contributed by atoms with van der Waals surface area (Å²) in [6.45, 7) is 10.3.